The highest BCUT2D eigenvalue weighted by Crippen LogP contribution is 2.58. The highest BCUT2D eigenvalue weighted by atomic mass is 16.5. The van der Waals surface area contributed by atoms with Crippen LogP contribution in [0, 0.1) is 4.91 Å². The van der Waals surface area contributed by atoms with E-state index in [1.807, 2.05) is 18.3 Å². The second-order valence-electron chi connectivity index (χ2n) is 23.1. The Labute approximate surface area is 503 Å². The lowest BCUT2D eigenvalue weighted by Crippen LogP contribution is -2.62. The molecule has 452 valence electrons. The first-order valence-corrected chi connectivity index (χ1v) is 30.0. The van der Waals surface area contributed by atoms with E-state index < -0.39 is 11.1 Å². The number of nitroso groups, excluding NO2 is 1. The van der Waals surface area contributed by atoms with Crippen molar-refractivity contribution in [2.75, 3.05) is 81.5 Å². The van der Waals surface area contributed by atoms with E-state index in [1.54, 1.807) is 46.3 Å². The van der Waals surface area contributed by atoms with E-state index in [9.17, 15) is 15.1 Å². The Kier molecular flexibility index (Phi) is 21.4. The third-order valence-electron chi connectivity index (χ3n) is 17.0. The topological polar surface area (TPSA) is 180 Å². The molecule has 4 aliphatic heterocycles. The van der Waals surface area contributed by atoms with Crippen molar-refractivity contribution in [3.8, 4) is 11.5 Å². The quantitative estimate of drug-likeness (QED) is 0.0910. The molecule has 1 saturated heterocycles. The molecule has 4 heterocycles. The number of methoxy groups -OCH3 is 2. The molecule has 5 N–H and O–H groups in total. The van der Waals surface area contributed by atoms with Crippen molar-refractivity contribution in [1.29, 1.82) is 0 Å². The lowest BCUT2D eigenvalue weighted by Gasteiger charge is -2.46. The van der Waals surface area contributed by atoms with Crippen LogP contribution in [0.25, 0.3) is 43.1 Å². The van der Waals surface area contributed by atoms with Crippen molar-refractivity contribution in [1.82, 2.24) is 0 Å². The van der Waals surface area contributed by atoms with E-state index >= 15 is 0 Å². The molecule has 1 aliphatic carbocycles. The van der Waals surface area contributed by atoms with E-state index in [-0.39, 0.29) is 43.7 Å². The number of phenolic OH excluding ortho intramolecular Hbond substituents is 1. The summed E-state index contributed by atoms with van der Waals surface area (Å²) in [4.78, 5) is 22.6. The summed E-state index contributed by atoms with van der Waals surface area (Å²) in [5.74, 6) is 0.721. The molecule has 85 heavy (non-hydrogen) atoms. The van der Waals surface area contributed by atoms with Gasteiger partial charge in [0, 0.05) is 105 Å². The zero-order valence-electron chi connectivity index (χ0n) is 50.9. The van der Waals surface area contributed by atoms with Gasteiger partial charge in [0.15, 0.2) is 11.4 Å². The number of hydrogen-bond donors (Lipinski definition) is 5. The minimum absolute atomic E-state index is 0. The number of ether oxygens (including phenoxy) is 3. The van der Waals surface area contributed by atoms with Gasteiger partial charge in [-0.2, -0.15) is 0 Å². The van der Waals surface area contributed by atoms with Crippen molar-refractivity contribution in [2.24, 2.45) is 10.2 Å². The molecule has 14 nitrogen and oxygen atoms in total. The van der Waals surface area contributed by atoms with E-state index in [2.05, 4.69) is 157 Å². The normalized spacial score (nSPS) is 18.1. The number of rotatable bonds is 8. The minimum atomic E-state index is -0.817. The van der Waals surface area contributed by atoms with Gasteiger partial charge in [-0.25, -0.2) is 0 Å². The molecule has 14 heteroatoms. The first-order chi connectivity index (χ1) is 41.1. The maximum atomic E-state index is 10.4. The Morgan fingerprint density at radius 2 is 1.13 bits per heavy atom. The van der Waals surface area contributed by atoms with Crippen molar-refractivity contribution < 1.29 is 41.2 Å². The SMILES string of the molecule is C=C1N(CCOC)c2ccc3ccccc3c2C1(C)C.CCO.CCO.COCCN1c2ccc3ccccc3c2C(C)(C)C12C=Nc1c(cc(N3CCC(O)CC3)c3ccccc13)O2.O=Nc1c(O)ccc2ccccc12.OC1CCCCC1.[2HH]. The average Bonchev–Trinajstić information content (AvgIpc) is 1.53. The fourth-order valence-electron chi connectivity index (χ4n) is 12.6. The number of aliphatic hydroxyl groups is 4. The summed E-state index contributed by atoms with van der Waals surface area (Å²) in [5, 5.41) is 55.2. The van der Waals surface area contributed by atoms with Gasteiger partial charge in [-0.1, -0.05) is 155 Å². The summed E-state index contributed by atoms with van der Waals surface area (Å²) >= 11 is 0. The van der Waals surface area contributed by atoms with Gasteiger partial charge in [0.25, 0.3) is 0 Å². The molecule has 8 aromatic rings. The highest BCUT2D eigenvalue weighted by molar-refractivity contribution is 6.07. The Balaban J connectivity index is 0.000000186. The van der Waals surface area contributed by atoms with Gasteiger partial charge in [-0.15, -0.1) is 4.91 Å². The number of anilines is 3. The fourth-order valence-corrected chi connectivity index (χ4v) is 12.6. The molecular weight excluding hydrogens is 1070 g/mol. The van der Waals surface area contributed by atoms with E-state index in [0.717, 1.165) is 84.6 Å². The molecule has 0 bridgehead atoms. The number of fused-ring (bicyclic) bond motifs is 10. The predicted octanol–water partition coefficient (Wildman–Crippen LogP) is 14.8. The Hall–Kier alpha value is -7.43. The Bertz CT molecular complexity index is 3590. The molecular formula is C71H89N5O9. The second kappa shape index (κ2) is 28.6. The monoisotopic (exact) mass is 1160 g/mol. The van der Waals surface area contributed by atoms with E-state index in [4.69, 9.17) is 34.5 Å². The minimum Gasteiger partial charge on any atom is -0.506 e. The van der Waals surface area contributed by atoms with Crippen LogP contribution in [0.3, 0.4) is 0 Å². The summed E-state index contributed by atoms with van der Waals surface area (Å²) in [7, 11) is 3.49. The summed E-state index contributed by atoms with van der Waals surface area (Å²) in [6.07, 6.45) is 9.27. The van der Waals surface area contributed by atoms with Gasteiger partial charge < -0.3 is 54.4 Å². The highest BCUT2D eigenvalue weighted by Gasteiger charge is 2.60. The van der Waals surface area contributed by atoms with Gasteiger partial charge in [-0.3, -0.25) is 4.99 Å². The van der Waals surface area contributed by atoms with Gasteiger partial charge in [0.1, 0.15) is 11.4 Å². The maximum Gasteiger partial charge on any atom is 0.229 e. The van der Waals surface area contributed by atoms with Crippen LogP contribution in [0.2, 0.25) is 0 Å². The van der Waals surface area contributed by atoms with Crippen LogP contribution in [-0.4, -0.2) is 117 Å². The lowest BCUT2D eigenvalue weighted by molar-refractivity contribution is 0.0720. The molecule has 8 aromatic carbocycles. The number of nitrogens with zero attached hydrogens (tertiary/aromatic N) is 5. The van der Waals surface area contributed by atoms with Crippen LogP contribution >= 0.6 is 0 Å². The van der Waals surface area contributed by atoms with E-state index in [0.29, 0.717) is 25.1 Å². The smallest absolute Gasteiger partial charge is 0.229 e. The summed E-state index contributed by atoms with van der Waals surface area (Å²) in [6, 6.07) is 47.2. The van der Waals surface area contributed by atoms with Crippen LogP contribution < -0.4 is 19.4 Å². The number of allylic oxidation sites excluding steroid dienone is 1. The number of hydrogen-bond acceptors (Lipinski definition) is 14. The maximum absolute atomic E-state index is 10.4. The van der Waals surface area contributed by atoms with Gasteiger partial charge in [0.2, 0.25) is 5.72 Å². The molecule has 5 aliphatic rings. The van der Waals surface area contributed by atoms with Crippen molar-refractivity contribution >= 4 is 77.7 Å². The average molecular weight is 1160 g/mol. The standard InChI is InChI=1S/C33H35N3O3.C18H21NO.C10H7NO2.C6H12O.2C2H6O.H2/c1-32(2)30-24-9-5-4-8-22(24)12-13-27(30)36(18-19-38-3)33(32)21-34-31-26-11-7-6-10-25(26)28(20-29(31)39-33)35-16-14-23(37)15-17-35;1-13-18(2,3)17-15-8-6-5-7-14(15)9-10-16(17)19(13)11-12-20-4;12-9-6-5-7-3-1-2-4-8(7)10(9)11-13;7-6-4-2-1-3-5-6;2*1-2-3;/h4-13,20-21,23,37H,14-19H2,1-3H3;5-10H,1,11-12H2,2-4H3;1-6,12H;6-7H,1-5H2;2*3H,2H2,1H3;1H/i;;;;;;1+1. The van der Waals surface area contributed by atoms with Gasteiger partial charge in [-0.05, 0) is 115 Å². The molecule has 1 unspecified atom stereocenters. The second-order valence-corrected chi connectivity index (χ2v) is 23.1. The largest absolute Gasteiger partial charge is 0.506 e. The summed E-state index contributed by atoms with van der Waals surface area (Å²) in [5.41, 5.74) is 7.12. The molecule has 2 fully saturated rings. The van der Waals surface area contributed by atoms with Crippen molar-refractivity contribution in [3.63, 3.8) is 0 Å². The van der Waals surface area contributed by atoms with E-state index in [1.165, 1.54) is 69.1 Å². The number of benzene rings is 8. The van der Waals surface area contributed by atoms with Crippen LogP contribution in [0.5, 0.6) is 11.5 Å². The molecule has 0 radical (unpaired) electrons. The molecule has 13 rings (SSSR count). The third kappa shape index (κ3) is 13.2. The predicted molar refractivity (Wildman–Crippen MR) is 352 cm³/mol. The first kappa shape index (κ1) is 63.6. The zero-order chi connectivity index (χ0) is 60.9. The molecule has 1 atom stereocenters. The summed E-state index contributed by atoms with van der Waals surface area (Å²) < 4.78 is 18.1. The molecule has 1 spiro atoms. The van der Waals surface area contributed by atoms with Crippen LogP contribution in [0.1, 0.15) is 99.0 Å². The first-order valence-electron chi connectivity index (χ1n) is 30.0. The number of piperidine rings is 1. The van der Waals surface area contributed by atoms with Gasteiger partial charge >= 0.3 is 0 Å². The molecule has 0 aromatic heterocycles. The van der Waals surface area contributed by atoms with Crippen LogP contribution in [0.15, 0.2) is 162 Å². The van der Waals surface area contributed by atoms with Gasteiger partial charge in [0.05, 0.1) is 37.1 Å². The lowest BCUT2D eigenvalue weighted by atomic mass is 9.75. The summed E-state index contributed by atoms with van der Waals surface area (Å²) in [6.45, 7) is 21.7. The number of aliphatic imine (C=N–C) groups is 1. The Morgan fingerprint density at radius 1 is 0.635 bits per heavy atom. The van der Waals surface area contributed by atoms with Crippen LogP contribution in [0.4, 0.5) is 28.4 Å². The number of aliphatic hydroxyl groups excluding tert-OH is 4. The van der Waals surface area contributed by atoms with Crippen molar-refractivity contribution in [2.45, 2.75) is 115 Å². The molecule has 0 amide bonds. The number of phenols is 1. The Morgan fingerprint density at radius 3 is 1.69 bits per heavy atom. The third-order valence-corrected chi connectivity index (χ3v) is 17.0. The zero-order valence-corrected chi connectivity index (χ0v) is 50.9. The number of aromatic hydroxyl groups is 1. The van der Waals surface area contributed by atoms with Crippen LogP contribution in [-0.2, 0) is 20.3 Å². The molecule has 1 saturated carbocycles. The van der Waals surface area contributed by atoms with Crippen molar-refractivity contribution in [3.05, 3.63) is 168 Å². The fraction of sp³-hybridized carbons (Fsp3) is 0.394.